The van der Waals surface area contributed by atoms with E-state index in [1.165, 1.54) is 0 Å². The van der Waals surface area contributed by atoms with E-state index in [9.17, 15) is 9.59 Å². The Hall–Kier alpha value is -2.05. The quantitative estimate of drug-likeness (QED) is 0.745. The topological polar surface area (TPSA) is 102 Å². The highest BCUT2D eigenvalue weighted by atomic mass is 16.5. The molecule has 0 spiro atoms. The molecule has 1 aromatic rings. The number of amides is 1. The zero-order chi connectivity index (χ0) is 12.8. The number of aliphatic carboxylic acids is 1. The Morgan fingerprint density at radius 2 is 2.35 bits per heavy atom. The largest absolute Gasteiger partial charge is 0.481 e. The predicted molar refractivity (Wildman–Crippen MR) is 56.6 cm³/mol. The molecule has 1 atom stereocenters. The van der Waals surface area contributed by atoms with E-state index in [0.29, 0.717) is 5.76 Å². The number of hydrogen-bond donors (Lipinski definition) is 2. The fourth-order valence-electron chi connectivity index (χ4n) is 1.18. The summed E-state index contributed by atoms with van der Waals surface area (Å²) >= 11 is 0. The Bertz CT molecular complexity index is 401. The maximum Gasteiger partial charge on any atom is 0.305 e. The molecule has 17 heavy (non-hydrogen) atoms. The van der Waals surface area contributed by atoms with E-state index in [-0.39, 0.29) is 18.9 Å². The fraction of sp³-hybridized carbons (Fsp3) is 0.500. The van der Waals surface area contributed by atoms with Gasteiger partial charge in [-0.25, -0.2) is 0 Å². The maximum absolute atomic E-state index is 11.3. The lowest BCUT2D eigenvalue weighted by Crippen LogP contribution is -2.37. The standard InChI is InChI=1S/C10H14N2O5/c1-6(3-10(14)15)11-8(13)5-16-9-4-7(2)17-12-9/h4,6H,3,5H2,1-2H3,(H,11,13)(H,14,15). The second-order valence-electron chi connectivity index (χ2n) is 3.63. The molecule has 2 N–H and O–H groups in total. The predicted octanol–water partition coefficient (Wildman–Crippen LogP) is 0.341. The molecule has 1 aromatic heterocycles. The molecule has 0 fully saturated rings. The van der Waals surface area contributed by atoms with Crippen molar-refractivity contribution in [1.29, 1.82) is 0 Å². The smallest absolute Gasteiger partial charge is 0.305 e. The van der Waals surface area contributed by atoms with E-state index in [1.54, 1.807) is 19.9 Å². The van der Waals surface area contributed by atoms with Crippen molar-refractivity contribution in [2.75, 3.05) is 6.61 Å². The highest BCUT2D eigenvalue weighted by Crippen LogP contribution is 2.09. The van der Waals surface area contributed by atoms with E-state index >= 15 is 0 Å². The van der Waals surface area contributed by atoms with Crippen molar-refractivity contribution in [1.82, 2.24) is 10.5 Å². The first-order chi connectivity index (χ1) is 7.97. The highest BCUT2D eigenvalue weighted by Gasteiger charge is 2.12. The average molecular weight is 242 g/mol. The summed E-state index contributed by atoms with van der Waals surface area (Å²) in [6.07, 6.45) is -0.130. The number of carbonyl (C=O) groups excluding carboxylic acids is 1. The van der Waals surface area contributed by atoms with Gasteiger partial charge >= 0.3 is 5.97 Å². The van der Waals surface area contributed by atoms with Gasteiger partial charge in [-0.15, -0.1) is 0 Å². The Balaban J connectivity index is 2.28. The summed E-state index contributed by atoms with van der Waals surface area (Å²) in [6, 6.07) is 1.11. The Kier molecular flexibility index (Phi) is 4.50. The Morgan fingerprint density at radius 3 is 2.88 bits per heavy atom. The van der Waals surface area contributed by atoms with Gasteiger partial charge in [-0.3, -0.25) is 9.59 Å². The van der Waals surface area contributed by atoms with E-state index in [2.05, 4.69) is 10.5 Å². The second kappa shape index (κ2) is 5.88. The monoisotopic (exact) mass is 242 g/mol. The third-order valence-electron chi connectivity index (χ3n) is 1.85. The van der Waals surface area contributed by atoms with Crippen LogP contribution in [0.1, 0.15) is 19.1 Å². The number of ether oxygens (including phenoxy) is 1. The van der Waals surface area contributed by atoms with Crippen molar-refractivity contribution in [2.45, 2.75) is 26.3 Å². The van der Waals surface area contributed by atoms with Gasteiger partial charge in [0, 0.05) is 12.1 Å². The first-order valence-corrected chi connectivity index (χ1v) is 5.04. The van der Waals surface area contributed by atoms with E-state index in [1.807, 2.05) is 0 Å². The minimum absolute atomic E-state index is 0.130. The van der Waals surface area contributed by atoms with Gasteiger partial charge in [-0.1, -0.05) is 0 Å². The number of carboxylic acids is 1. The first kappa shape index (κ1) is 13.0. The molecule has 1 rings (SSSR count). The van der Waals surface area contributed by atoms with Gasteiger partial charge in [-0.2, -0.15) is 0 Å². The molecule has 0 aliphatic rings. The zero-order valence-corrected chi connectivity index (χ0v) is 9.60. The minimum Gasteiger partial charge on any atom is -0.481 e. The molecule has 0 aliphatic carbocycles. The number of rotatable bonds is 6. The van der Waals surface area contributed by atoms with Crippen molar-refractivity contribution in [3.63, 3.8) is 0 Å². The number of aromatic nitrogens is 1. The molecular formula is C10H14N2O5. The number of carbonyl (C=O) groups is 2. The summed E-state index contributed by atoms with van der Waals surface area (Å²) in [5, 5.41) is 14.5. The number of nitrogens with zero attached hydrogens (tertiary/aromatic N) is 1. The molecule has 0 aromatic carbocycles. The van der Waals surface area contributed by atoms with Gasteiger partial charge in [0.25, 0.3) is 11.8 Å². The number of hydrogen-bond acceptors (Lipinski definition) is 5. The maximum atomic E-state index is 11.3. The van der Waals surface area contributed by atoms with Crippen LogP contribution in [0.2, 0.25) is 0 Å². The summed E-state index contributed by atoms with van der Waals surface area (Å²) in [6.45, 7) is 3.08. The van der Waals surface area contributed by atoms with Crippen LogP contribution in [-0.4, -0.2) is 34.8 Å². The van der Waals surface area contributed by atoms with Gasteiger partial charge in [0.15, 0.2) is 6.61 Å². The summed E-state index contributed by atoms with van der Waals surface area (Å²) in [5.41, 5.74) is 0. The van der Waals surface area contributed by atoms with Gasteiger partial charge in [0.05, 0.1) is 6.42 Å². The van der Waals surface area contributed by atoms with E-state index < -0.39 is 17.9 Å². The van der Waals surface area contributed by atoms with Crippen LogP contribution in [0.25, 0.3) is 0 Å². The summed E-state index contributed by atoms with van der Waals surface area (Å²) in [7, 11) is 0. The van der Waals surface area contributed by atoms with Crippen LogP contribution in [-0.2, 0) is 9.59 Å². The molecule has 1 heterocycles. The van der Waals surface area contributed by atoms with Crippen molar-refractivity contribution in [3.05, 3.63) is 11.8 Å². The molecule has 1 unspecified atom stereocenters. The van der Waals surface area contributed by atoms with E-state index in [4.69, 9.17) is 14.4 Å². The summed E-state index contributed by atoms with van der Waals surface area (Å²) in [4.78, 5) is 21.7. The Morgan fingerprint density at radius 1 is 1.65 bits per heavy atom. The SMILES string of the molecule is Cc1cc(OCC(=O)NC(C)CC(=O)O)no1. The van der Waals surface area contributed by atoms with Crippen LogP contribution in [0.4, 0.5) is 0 Å². The average Bonchev–Trinajstić information content (AvgIpc) is 2.59. The van der Waals surface area contributed by atoms with Crippen LogP contribution < -0.4 is 10.1 Å². The minimum atomic E-state index is -0.967. The lowest BCUT2D eigenvalue weighted by molar-refractivity contribution is -0.137. The first-order valence-electron chi connectivity index (χ1n) is 5.04. The molecule has 0 radical (unpaired) electrons. The van der Waals surface area contributed by atoms with Crippen molar-refractivity contribution in [3.8, 4) is 5.88 Å². The lowest BCUT2D eigenvalue weighted by atomic mass is 10.2. The molecule has 1 amide bonds. The van der Waals surface area contributed by atoms with Gasteiger partial charge < -0.3 is 19.7 Å². The third-order valence-corrected chi connectivity index (χ3v) is 1.85. The van der Waals surface area contributed by atoms with Gasteiger partial charge in [0.1, 0.15) is 5.76 Å². The van der Waals surface area contributed by atoms with Crippen LogP contribution in [0.15, 0.2) is 10.6 Å². The molecular weight excluding hydrogens is 228 g/mol. The highest BCUT2D eigenvalue weighted by molar-refractivity contribution is 5.78. The fourth-order valence-corrected chi connectivity index (χ4v) is 1.18. The van der Waals surface area contributed by atoms with Crippen molar-refractivity contribution < 1.29 is 24.0 Å². The summed E-state index contributed by atoms with van der Waals surface area (Å²) < 4.78 is 9.78. The van der Waals surface area contributed by atoms with Gasteiger partial charge in [-0.05, 0) is 19.0 Å². The zero-order valence-electron chi connectivity index (χ0n) is 9.60. The van der Waals surface area contributed by atoms with Crippen LogP contribution in [0.3, 0.4) is 0 Å². The normalized spacial score (nSPS) is 11.9. The molecule has 0 aliphatic heterocycles. The second-order valence-corrected chi connectivity index (χ2v) is 3.63. The van der Waals surface area contributed by atoms with Crippen LogP contribution in [0.5, 0.6) is 5.88 Å². The van der Waals surface area contributed by atoms with Crippen molar-refractivity contribution >= 4 is 11.9 Å². The molecule has 0 saturated carbocycles. The van der Waals surface area contributed by atoms with Crippen molar-refractivity contribution in [2.24, 2.45) is 0 Å². The van der Waals surface area contributed by atoms with Gasteiger partial charge in [0.2, 0.25) is 0 Å². The number of nitrogens with one attached hydrogen (secondary N) is 1. The Labute approximate surface area is 97.7 Å². The molecule has 7 nitrogen and oxygen atoms in total. The van der Waals surface area contributed by atoms with Crippen LogP contribution in [0, 0.1) is 6.92 Å². The number of carboxylic acid groups (broad SMARTS) is 1. The number of aryl methyl sites for hydroxylation is 1. The summed E-state index contributed by atoms with van der Waals surface area (Å²) in [5.74, 6) is -0.562. The lowest BCUT2D eigenvalue weighted by Gasteiger charge is -2.11. The molecule has 0 saturated heterocycles. The molecule has 7 heteroatoms. The molecule has 0 bridgehead atoms. The molecule has 94 valence electrons. The third kappa shape index (κ3) is 5.01. The van der Waals surface area contributed by atoms with Crippen LogP contribution >= 0.6 is 0 Å². The van der Waals surface area contributed by atoms with E-state index in [0.717, 1.165) is 0 Å².